The molecule has 0 saturated carbocycles. The lowest BCUT2D eigenvalue weighted by atomic mass is 10.2. The first-order valence-electron chi connectivity index (χ1n) is 9.88. The normalized spacial score (nSPS) is 14.7. The first-order valence-corrected chi connectivity index (χ1v) is 13.2. The Balaban J connectivity index is 1.46. The van der Waals surface area contributed by atoms with E-state index in [4.69, 9.17) is 9.88 Å². The molecule has 0 atom stereocenters. The van der Waals surface area contributed by atoms with Gasteiger partial charge < -0.3 is 14.2 Å². The lowest BCUT2D eigenvalue weighted by molar-refractivity contribution is 0.102. The van der Waals surface area contributed by atoms with Crippen LogP contribution in [-0.2, 0) is 14.8 Å². The van der Waals surface area contributed by atoms with Crippen molar-refractivity contribution in [1.82, 2.24) is 14.8 Å². The van der Waals surface area contributed by atoms with Crippen LogP contribution >= 0.6 is 23.1 Å². The molecule has 4 rings (SSSR count). The second-order valence-corrected chi connectivity index (χ2v) is 11.1. The molecule has 0 radical (unpaired) electrons. The molecular formula is C20H23N5O4S3. The third kappa shape index (κ3) is 4.89. The minimum atomic E-state index is -3.75. The van der Waals surface area contributed by atoms with E-state index in [9.17, 15) is 13.2 Å². The van der Waals surface area contributed by atoms with Gasteiger partial charge in [-0.3, -0.25) is 4.79 Å². The number of sulfonamides is 1. The van der Waals surface area contributed by atoms with Crippen LogP contribution in [0.5, 0.6) is 0 Å². The Bertz CT molecular complexity index is 1230. The maximum atomic E-state index is 12.9. The van der Waals surface area contributed by atoms with Gasteiger partial charge in [0.15, 0.2) is 10.1 Å². The molecule has 2 aromatic heterocycles. The monoisotopic (exact) mass is 493 g/mol. The molecule has 3 aromatic rings. The summed E-state index contributed by atoms with van der Waals surface area (Å²) in [4.78, 5) is 15.1. The number of hydrogen-bond acceptors (Lipinski definition) is 9. The van der Waals surface area contributed by atoms with E-state index in [2.05, 4.69) is 15.1 Å². The highest BCUT2D eigenvalue weighted by atomic mass is 32.2. The average Bonchev–Trinajstić information content (AvgIpc) is 3.36. The van der Waals surface area contributed by atoms with Gasteiger partial charge in [0.2, 0.25) is 15.2 Å². The van der Waals surface area contributed by atoms with Crippen LogP contribution < -0.4 is 10.0 Å². The maximum absolute atomic E-state index is 12.9. The summed E-state index contributed by atoms with van der Waals surface area (Å²) >= 11 is 2.86. The Morgan fingerprint density at radius 3 is 2.53 bits per heavy atom. The highest BCUT2D eigenvalue weighted by Gasteiger charge is 2.20. The maximum Gasteiger partial charge on any atom is 0.238 e. The van der Waals surface area contributed by atoms with Crippen LogP contribution in [0.4, 0.5) is 5.13 Å². The van der Waals surface area contributed by atoms with Gasteiger partial charge in [-0.2, -0.15) is 0 Å². The SMILES string of the molecule is Cc1cc(C(=O)CSc2nnc(N3CCOCC3)s2)c(C)n1-c1ccc(S(N)(=O)=O)cc1. The molecule has 3 heterocycles. The van der Waals surface area contributed by atoms with Crippen molar-refractivity contribution in [2.45, 2.75) is 23.1 Å². The molecule has 2 N–H and O–H groups in total. The van der Waals surface area contributed by atoms with Gasteiger partial charge in [-0.15, -0.1) is 10.2 Å². The molecular weight excluding hydrogens is 470 g/mol. The highest BCUT2D eigenvalue weighted by molar-refractivity contribution is 8.01. The third-order valence-electron chi connectivity index (χ3n) is 5.16. The van der Waals surface area contributed by atoms with Gasteiger partial charge in [-0.05, 0) is 44.2 Å². The number of ketones is 1. The Morgan fingerprint density at radius 2 is 1.88 bits per heavy atom. The number of aryl methyl sites for hydroxylation is 1. The van der Waals surface area contributed by atoms with Crippen LogP contribution in [-0.4, -0.2) is 61.0 Å². The van der Waals surface area contributed by atoms with Gasteiger partial charge >= 0.3 is 0 Å². The van der Waals surface area contributed by atoms with Crippen LogP contribution in [0.1, 0.15) is 21.7 Å². The summed E-state index contributed by atoms with van der Waals surface area (Å²) in [5, 5.41) is 14.5. The predicted molar refractivity (Wildman–Crippen MR) is 125 cm³/mol. The minimum Gasteiger partial charge on any atom is -0.378 e. The van der Waals surface area contributed by atoms with Crippen molar-refractivity contribution in [1.29, 1.82) is 0 Å². The molecule has 1 fully saturated rings. The second-order valence-electron chi connectivity index (χ2n) is 7.32. The number of morpholine rings is 1. The number of primary sulfonamides is 1. The summed E-state index contributed by atoms with van der Waals surface area (Å²) in [6.45, 7) is 6.73. The molecule has 1 aliphatic heterocycles. The van der Waals surface area contributed by atoms with Crippen LogP contribution in [0.3, 0.4) is 0 Å². The number of aromatic nitrogens is 3. The van der Waals surface area contributed by atoms with Crippen molar-refractivity contribution in [2.24, 2.45) is 5.14 Å². The fraction of sp³-hybridized carbons (Fsp3) is 0.350. The van der Waals surface area contributed by atoms with Crippen molar-refractivity contribution < 1.29 is 17.9 Å². The molecule has 12 heteroatoms. The largest absolute Gasteiger partial charge is 0.378 e. The molecule has 1 aromatic carbocycles. The molecule has 1 aliphatic rings. The number of hydrogen-bond donors (Lipinski definition) is 1. The summed E-state index contributed by atoms with van der Waals surface area (Å²) < 4.78 is 31.0. The number of rotatable bonds is 7. The molecule has 1 saturated heterocycles. The van der Waals surface area contributed by atoms with E-state index in [-0.39, 0.29) is 16.4 Å². The standard InChI is InChI=1S/C20H23N5O4S3/c1-13-11-17(14(2)25(13)15-3-5-16(6-4-15)32(21,27)28)18(26)12-30-20-23-22-19(31-20)24-7-9-29-10-8-24/h3-6,11H,7-10,12H2,1-2H3,(H2,21,27,28). The van der Waals surface area contributed by atoms with E-state index in [0.29, 0.717) is 18.8 Å². The fourth-order valence-corrected chi connectivity index (χ4v) is 5.87. The topological polar surface area (TPSA) is 120 Å². The molecule has 32 heavy (non-hydrogen) atoms. The minimum absolute atomic E-state index is 0.00127. The zero-order valence-electron chi connectivity index (χ0n) is 17.6. The number of ether oxygens (including phenoxy) is 1. The van der Waals surface area contributed by atoms with E-state index >= 15 is 0 Å². The highest BCUT2D eigenvalue weighted by Crippen LogP contribution is 2.30. The number of thioether (sulfide) groups is 1. The zero-order valence-corrected chi connectivity index (χ0v) is 20.1. The molecule has 0 amide bonds. The van der Waals surface area contributed by atoms with Gasteiger partial charge in [-0.1, -0.05) is 23.1 Å². The Kier molecular flexibility index (Phi) is 6.67. The van der Waals surface area contributed by atoms with E-state index in [1.165, 1.54) is 35.2 Å². The van der Waals surface area contributed by atoms with Crippen LogP contribution in [0, 0.1) is 13.8 Å². The van der Waals surface area contributed by atoms with Crippen LogP contribution in [0.2, 0.25) is 0 Å². The van der Waals surface area contributed by atoms with Gasteiger partial charge in [0, 0.05) is 35.7 Å². The first-order chi connectivity index (χ1) is 15.2. The van der Waals surface area contributed by atoms with Gasteiger partial charge in [0.05, 0.1) is 23.9 Å². The number of benzene rings is 1. The third-order valence-corrected chi connectivity index (χ3v) is 8.21. The lowest BCUT2D eigenvalue weighted by Gasteiger charge is -2.25. The van der Waals surface area contributed by atoms with Gasteiger partial charge in [0.1, 0.15) is 0 Å². The van der Waals surface area contributed by atoms with Gasteiger partial charge in [0.25, 0.3) is 0 Å². The predicted octanol–water partition coefficient (Wildman–Crippen LogP) is 2.40. The van der Waals surface area contributed by atoms with Crippen molar-refractivity contribution in [3.63, 3.8) is 0 Å². The van der Waals surface area contributed by atoms with Crippen LogP contribution in [0.25, 0.3) is 5.69 Å². The second kappa shape index (κ2) is 9.32. The number of carbonyl (C=O) groups excluding carboxylic acids is 1. The molecule has 0 aliphatic carbocycles. The molecule has 170 valence electrons. The van der Waals surface area contributed by atoms with Crippen molar-refractivity contribution in [2.75, 3.05) is 37.0 Å². The molecule has 0 unspecified atom stereocenters. The Morgan fingerprint density at radius 1 is 1.19 bits per heavy atom. The van der Waals surface area contributed by atoms with Crippen molar-refractivity contribution >= 4 is 44.0 Å². The number of Topliss-reactive ketones (excluding diaryl/α,β-unsaturated/α-hetero) is 1. The molecule has 9 nitrogen and oxygen atoms in total. The number of nitrogens with zero attached hydrogens (tertiary/aromatic N) is 4. The van der Waals surface area contributed by atoms with E-state index < -0.39 is 10.0 Å². The quantitative estimate of drug-likeness (QED) is 0.393. The smallest absolute Gasteiger partial charge is 0.238 e. The number of anilines is 1. The average molecular weight is 494 g/mol. The van der Waals surface area contributed by atoms with Crippen LogP contribution in [0.15, 0.2) is 39.6 Å². The van der Waals surface area contributed by atoms with E-state index in [1.54, 1.807) is 12.1 Å². The molecule has 0 spiro atoms. The summed E-state index contributed by atoms with van der Waals surface area (Å²) in [7, 11) is -3.75. The van der Waals surface area contributed by atoms with Crippen molar-refractivity contribution in [3.05, 3.63) is 47.3 Å². The molecule has 0 bridgehead atoms. The number of carbonyl (C=O) groups is 1. The summed E-state index contributed by atoms with van der Waals surface area (Å²) in [5.74, 6) is 0.255. The van der Waals surface area contributed by atoms with Gasteiger partial charge in [-0.25, -0.2) is 13.6 Å². The van der Waals surface area contributed by atoms with Crippen molar-refractivity contribution in [3.8, 4) is 5.69 Å². The zero-order chi connectivity index (χ0) is 22.9. The Labute approximate surface area is 194 Å². The summed E-state index contributed by atoms with van der Waals surface area (Å²) in [6.07, 6.45) is 0. The first kappa shape index (κ1) is 22.9. The van der Waals surface area contributed by atoms with E-state index in [0.717, 1.165) is 39.6 Å². The number of nitrogens with two attached hydrogens (primary N) is 1. The summed E-state index contributed by atoms with van der Waals surface area (Å²) in [6, 6.07) is 8.13. The lowest BCUT2D eigenvalue weighted by Crippen LogP contribution is -2.36. The fourth-order valence-electron chi connectivity index (χ4n) is 3.58. The van der Waals surface area contributed by atoms with E-state index in [1.807, 2.05) is 24.5 Å². The summed E-state index contributed by atoms with van der Waals surface area (Å²) in [5.41, 5.74) is 3.06. The Hall–Kier alpha value is -2.25.